The second kappa shape index (κ2) is 14.6. The predicted molar refractivity (Wildman–Crippen MR) is 73.0 cm³/mol. The Labute approximate surface area is 105 Å². The number of hydrogen-bond donors (Lipinski definition) is 3. The lowest BCUT2D eigenvalue weighted by atomic mass is 10.3. The normalized spacial score (nSPS) is 8.06. The molecule has 17 heavy (non-hydrogen) atoms. The molecule has 1 rings (SSSR count). The smallest absolute Gasteiger partial charge is 0.229 e. The summed E-state index contributed by atoms with van der Waals surface area (Å²) >= 11 is 0. The van der Waals surface area contributed by atoms with Crippen LogP contribution in [0.15, 0.2) is 30.3 Å². The standard InChI is InChI=1S/C7H9NO2S.2C2H6.H2N2/c1-11(9,10)8-7-5-3-2-4-6-7;3*1-2/h2-6,8H,1H3;2*1-2H3;1-2H. The van der Waals surface area contributed by atoms with Crippen LogP contribution in [-0.4, -0.2) is 14.7 Å². The second-order valence-corrected chi connectivity index (χ2v) is 3.99. The lowest BCUT2D eigenvalue weighted by Crippen LogP contribution is -2.08. The van der Waals surface area contributed by atoms with Crippen LogP contribution in [0.5, 0.6) is 0 Å². The van der Waals surface area contributed by atoms with E-state index in [0.29, 0.717) is 5.69 Å². The SMILES string of the molecule is CC.CC.CS(=O)(=O)Nc1ccccc1.N=N. The third-order valence-electron chi connectivity index (χ3n) is 1.08. The number of benzene rings is 1. The van der Waals surface area contributed by atoms with Gasteiger partial charge >= 0.3 is 0 Å². The Bertz CT molecular complexity index is 339. The van der Waals surface area contributed by atoms with Crippen molar-refractivity contribution in [3.05, 3.63) is 30.3 Å². The fourth-order valence-electron chi connectivity index (χ4n) is 0.720. The van der Waals surface area contributed by atoms with E-state index >= 15 is 0 Å². The van der Waals surface area contributed by atoms with Gasteiger partial charge in [-0.05, 0) is 12.1 Å². The molecule has 0 saturated heterocycles. The van der Waals surface area contributed by atoms with Gasteiger partial charge in [-0.25, -0.2) is 19.5 Å². The fraction of sp³-hybridized carbons (Fsp3) is 0.455. The zero-order valence-electron chi connectivity index (χ0n) is 11.1. The third kappa shape index (κ3) is 17.2. The summed E-state index contributed by atoms with van der Waals surface area (Å²) in [6.45, 7) is 8.00. The molecule has 0 unspecified atom stereocenters. The second-order valence-electron chi connectivity index (χ2n) is 2.24. The minimum absolute atomic E-state index is 0.593. The van der Waals surface area contributed by atoms with E-state index in [0.717, 1.165) is 6.26 Å². The number of sulfonamides is 1. The van der Waals surface area contributed by atoms with Crippen LogP contribution in [0.4, 0.5) is 5.69 Å². The first kappa shape index (κ1) is 20.9. The molecule has 0 radical (unpaired) electrons. The van der Waals surface area contributed by atoms with Crippen molar-refractivity contribution >= 4 is 15.7 Å². The Kier molecular flexibility index (Phi) is 17.9. The number of anilines is 1. The minimum atomic E-state index is -3.13. The highest BCUT2D eigenvalue weighted by Gasteiger charge is 1.98. The Balaban J connectivity index is -0.000000285. The summed E-state index contributed by atoms with van der Waals surface area (Å²) in [5.74, 6) is 0. The number of rotatable bonds is 2. The molecule has 0 amide bonds. The maximum absolute atomic E-state index is 10.7. The molecule has 0 aromatic heterocycles. The number of hydrogen-bond acceptors (Lipinski definition) is 4. The first-order valence-electron chi connectivity index (χ1n) is 5.36. The molecule has 5 nitrogen and oxygen atoms in total. The minimum Gasteiger partial charge on any atom is -0.284 e. The van der Waals surface area contributed by atoms with Crippen molar-refractivity contribution in [1.29, 1.82) is 11.1 Å². The highest BCUT2D eigenvalue weighted by atomic mass is 32.2. The summed E-state index contributed by atoms with van der Waals surface area (Å²) in [5, 5.41) is 0. The van der Waals surface area contributed by atoms with Crippen LogP contribution in [0, 0.1) is 11.1 Å². The lowest BCUT2D eigenvalue weighted by molar-refractivity contribution is 0.607. The molecule has 0 heterocycles. The largest absolute Gasteiger partial charge is 0.284 e. The summed E-state index contributed by atoms with van der Waals surface area (Å²) in [6.07, 6.45) is 1.12. The molecular weight excluding hydrogens is 238 g/mol. The zero-order chi connectivity index (χ0) is 14.3. The Morgan fingerprint density at radius 2 is 1.29 bits per heavy atom. The van der Waals surface area contributed by atoms with Crippen LogP contribution >= 0.6 is 0 Å². The topological polar surface area (TPSA) is 93.9 Å². The van der Waals surface area contributed by atoms with Gasteiger partial charge in [-0.3, -0.25) is 4.72 Å². The van der Waals surface area contributed by atoms with Crippen molar-refractivity contribution in [1.82, 2.24) is 0 Å². The van der Waals surface area contributed by atoms with Gasteiger partial charge in [-0.15, -0.1) is 0 Å². The molecular formula is C11H23N3O2S. The highest BCUT2D eigenvalue weighted by molar-refractivity contribution is 7.92. The van der Waals surface area contributed by atoms with E-state index in [9.17, 15) is 8.42 Å². The van der Waals surface area contributed by atoms with Crippen molar-refractivity contribution in [3.8, 4) is 0 Å². The number of nitrogens with one attached hydrogen (secondary N) is 3. The van der Waals surface area contributed by atoms with Crippen molar-refractivity contribution in [2.45, 2.75) is 27.7 Å². The van der Waals surface area contributed by atoms with Crippen molar-refractivity contribution in [2.75, 3.05) is 11.0 Å². The van der Waals surface area contributed by atoms with E-state index < -0.39 is 10.0 Å². The highest BCUT2D eigenvalue weighted by Crippen LogP contribution is 2.05. The van der Waals surface area contributed by atoms with Gasteiger partial charge in [0, 0.05) is 5.69 Å². The quantitative estimate of drug-likeness (QED) is 0.708. The van der Waals surface area contributed by atoms with Crippen LogP contribution in [0.3, 0.4) is 0 Å². The molecule has 3 N–H and O–H groups in total. The molecule has 0 spiro atoms. The van der Waals surface area contributed by atoms with E-state index in [1.807, 2.05) is 33.8 Å². The van der Waals surface area contributed by atoms with E-state index in [4.69, 9.17) is 11.1 Å². The van der Waals surface area contributed by atoms with Gasteiger partial charge in [-0.2, -0.15) is 0 Å². The van der Waals surface area contributed by atoms with Gasteiger partial charge < -0.3 is 0 Å². The fourth-order valence-corrected chi connectivity index (χ4v) is 1.28. The Hall–Kier alpha value is -1.43. The molecule has 0 saturated carbocycles. The third-order valence-corrected chi connectivity index (χ3v) is 1.68. The first-order chi connectivity index (χ1) is 8.08. The maximum atomic E-state index is 10.7. The van der Waals surface area contributed by atoms with Crippen molar-refractivity contribution < 1.29 is 8.42 Å². The van der Waals surface area contributed by atoms with Gasteiger partial charge in [0.05, 0.1) is 6.26 Å². The molecule has 0 aliphatic carbocycles. The zero-order valence-corrected chi connectivity index (χ0v) is 11.9. The average Bonchev–Trinajstić information content (AvgIpc) is 2.36. The predicted octanol–water partition coefficient (Wildman–Crippen LogP) is 3.71. The molecule has 1 aromatic carbocycles. The van der Waals surface area contributed by atoms with Gasteiger partial charge in [0.15, 0.2) is 0 Å². The van der Waals surface area contributed by atoms with E-state index in [2.05, 4.69) is 4.72 Å². The van der Waals surface area contributed by atoms with Gasteiger partial charge in [-0.1, -0.05) is 45.9 Å². The van der Waals surface area contributed by atoms with Crippen LogP contribution in [0.1, 0.15) is 27.7 Å². The van der Waals surface area contributed by atoms with Gasteiger partial charge in [0.25, 0.3) is 0 Å². The van der Waals surface area contributed by atoms with Gasteiger partial charge in [0.2, 0.25) is 10.0 Å². The molecule has 100 valence electrons. The van der Waals surface area contributed by atoms with Crippen LogP contribution < -0.4 is 4.72 Å². The van der Waals surface area contributed by atoms with Crippen LogP contribution in [-0.2, 0) is 10.0 Å². The Morgan fingerprint density at radius 1 is 0.941 bits per heavy atom. The van der Waals surface area contributed by atoms with Gasteiger partial charge in [0.1, 0.15) is 0 Å². The average molecular weight is 261 g/mol. The van der Waals surface area contributed by atoms with E-state index in [1.165, 1.54) is 0 Å². The summed E-state index contributed by atoms with van der Waals surface area (Å²) in [6, 6.07) is 8.76. The van der Waals surface area contributed by atoms with Crippen molar-refractivity contribution in [3.63, 3.8) is 0 Å². The van der Waals surface area contributed by atoms with Crippen molar-refractivity contribution in [2.24, 2.45) is 0 Å². The molecule has 1 aromatic rings. The molecule has 0 aliphatic rings. The molecule has 0 aliphatic heterocycles. The van der Waals surface area contributed by atoms with Crippen LogP contribution in [0.25, 0.3) is 0 Å². The number of para-hydroxylation sites is 1. The van der Waals surface area contributed by atoms with Crippen LogP contribution in [0.2, 0.25) is 0 Å². The molecule has 0 fully saturated rings. The van der Waals surface area contributed by atoms with E-state index in [-0.39, 0.29) is 0 Å². The summed E-state index contributed by atoms with van der Waals surface area (Å²) in [5.41, 5.74) is 10.6. The molecule has 0 bridgehead atoms. The summed E-state index contributed by atoms with van der Waals surface area (Å²) in [7, 11) is -3.13. The Morgan fingerprint density at radius 3 is 1.59 bits per heavy atom. The maximum Gasteiger partial charge on any atom is 0.229 e. The molecule has 0 atom stereocenters. The molecule has 6 heteroatoms. The summed E-state index contributed by atoms with van der Waals surface area (Å²) < 4.78 is 23.7. The first-order valence-corrected chi connectivity index (χ1v) is 7.25. The van der Waals surface area contributed by atoms with E-state index in [1.54, 1.807) is 24.3 Å². The lowest BCUT2D eigenvalue weighted by Gasteiger charge is -2.00. The monoisotopic (exact) mass is 261 g/mol. The summed E-state index contributed by atoms with van der Waals surface area (Å²) in [4.78, 5) is 0.